The van der Waals surface area contributed by atoms with Gasteiger partial charge in [0.2, 0.25) is 0 Å². The minimum atomic E-state index is -4.57. The standard InChI is InChI=1S/C21H14F3N3O/c1-12-9-14(10-18(26-12)21(22,23)24)15-11-16-17(28)7-8-25-20(16)27-19(15)13-5-3-2-4-6-13/h2-11H,1H3,(H,25,27,28). The fourth-order valence-electron chi connectivity index (χ4n) is 3.10. The quantitative estimate of drug-likeness (QED) is 0.533. The SMILES string of the molecule is Cc1cc(-c2cc3c(=O)cc[nH]c3nc2-c2ccccc2)cc(C(F)(F)F)n1. The highest BCUT2D eigenvalue weighted by molar-refractivity contribution is 5.90. The molecule has 0 unspecified atom stereocenters. The summed E-state index contributed by atoms with van der Waals surface area (Å²) >= 11 is 0. The Hall–Kier alpha value is -3.48. The lowest BCUT2D eigenvalue weighted by Gasteiger charge is -2.14. The number of hydrogen-bond donors (Lipinski definition) is 1. The summed E-state index contributed by atoms with van der Waals surface area (Å²) in [5.74, 6) is 0. The predicted octanol–water partition coefficient (Wildman–Crippen LogP) is 4.98. The number of hydrogen-bond acceptors (Lipinski definition) is 3. The van der Waals surface area contributed by atoms with Gasteiger partial charge in [-0.05, 0) is 30.7 Å². The van der Waals surface area contributed by atoms with E-state index in [4.69, 9.17) is 0 Å². The van der Waals surface area contributed by atoms with Gasteiger partial charge in [-0.1, -0.05) is 30.3 Å². The van der Waals surface area contributed by atoms with Gasteiger partial charge in [0, 0.05) is 29.1 Å². The molecule has 3 aromatic heterocycles. The molecular weight excluding hydrogens is 367 g/mol. The molecule has 1 aromatic carbocycles. The van der Waals surface area contributed by atoms with Crippen LogP contribution in [0.25, 0.3) is 33.4 Å². The van der Waals surface area contributed by atoms with Crippen LogP contribution in [-0.4, -0.2) is 15.0 Å². The Morgan fingerprint density at radius 3 is 2.39 bits per heavy atom. The third-order valence-electron chi connectivity index (χ3n) is 4.34. The fourth-order valence-corrected chi connectivity index (χ4v) is 3.10. The Morgan fingerprint density at radius 2 is 1.68 bits per heavy atom. The van der Waals surface area contributed by atoms with Gasteiger partial charge in [0.25, 0.3) is 0 Å². The Bertz CT molecular complexity index is 1230. The van der Waals surface area contributed by atoms with Crippen LogP contribution in [0.3, 0.4) is 0 Å². The molecular formula is C21H14F3N3O. The number of pyridine rings is 3. The maximum Gasteiger partial charge on any atom is 0.433 e. The maximum atomic E-state index is 13.3. The highest BCUT2D eigenvalue weighted by Crippen LogP contribution is 2.36. The highest BCUT2D eigenvalue weighted by atomic mass is 19.4. The third-order valence-corrected chi connectivity index (χ3v) is 4.34. The second-order valence-electron chi connectivity index (χ2n) is 6.37. The summed E-state index contributed by atoms with van der Waals surface area (Å²) in [7, 11) is 0. The molecule has 0 atom stereocenters. The van der Waals surface area contributed by atoms with Crippen molar-refractivity contribution in [2.45, 2.75) is 13.1 Å². The van der Waals surface area contributed by atoms with Crippen molar-refractivity contribution in [1.29, 1.82) is 0 Å². The molecule has 0 aliphatic heterocycles. The number of nitrogens with zero attached hydrogens (tertiary/aromatic N) is 2. The molecule has 4 rings (SSSR count). The molecule has 1 N–H and O–H groups in total. The topological polar surface area (TPSA) is 58.6 Å². The lowest BCUT2D eigenvalue weighted by Crippen LogP contribution is -2.09. The van der Waals surface area contributed by atoms with E-state index in [2.05, 4.69) is 15.0 Å². The van der Waals surface area contributed by atoms with E-state index < -0.39 is 11.9 Å². The third kappa shape index (κ3) is 3.26. The van der Waals surface area contributed by atoms with Gasteiger partial charge in [0.05, 0.1) is 11.1 Å². The van der Waals surface area contributed by atoms with Crippen molar-refractivity contribution in [3.05, 3.63) is 82.4 Å². The van der Waals surface area contributed by atoms with E-state index in [-0.39, 0.29) is 11.1 Å². The second-order valence-corrected chi connectivity index (χ2v) is 6.37. The van der Waals surface area contributed by atoms with Crippen LogP contribution in [0.2, 0.25) is 0 Å². The number of aromatic amines is 1. The van der Waals surface area contributed by atoms with Crippen LogP contribution in [-0.2, 0) is 6.18 Å². The molecule has 7 heteroatoms. The van der Waals surface area contributed by atoms with Crippen molar-refractivity contribution in [3.8, 4) is 22.4 Å². The van der Waals surface area contributed by atoms with E-state index >= 15 is 0 Å². The number of nitrogens with one attached hydrogen (secondary N) is 1. The van der Waals surface area contributed by atoms with Crippen molar-refractivity contribution in [2.75, 3.05) is 0 Å². The Labute approximate surface area is 157 Å². The van der Waals surface area contributed by atoms with Crippen LogP contribution in [0.4, 0.5) is 13.2 Å². The molecule has 3 heterocycles. The van der Waals surface area contributed by atoms with Crippen molar-refractivity contribution in [1.82, 2.24) is 15.0 Å². The Balaban J connectivity index is 2.07. The maximum absolute atomic E-state index is 13.3. The number of rotatable bonds is 2. The van der Waals surface area contributed by atoms with Gasteiger partial charge in [-0.15, -0.1) is 0 Å². The minimum absolute atomic E-state index is 0.228. The van der Waals surface area contributed by atoms with Crippen molar-refractivity contribution in [3.63, 3.8) is 0 Å². The number of H-pyrrole nitrogens is 1. The zero-order valence-electron chi connectivity index (χ0n) is 14.7. The van der Waals surface area contributed by atoms with Crippen molar-refractivity contribution in [2.24, 2.45) is 0 Å². The first-order chi connectivity index (χ1) is 13.3. The summed E-state index contributed by atoms with van der Waals surface area (Å²) in [5.41, 5.74) is 1.30. The van der Waals surface area contributed by atoms with Crippen LogP contribution in [0, 0.1) is 6.92 Å². The summed E-state index contributed by atoms with van der Waals surface area (Å²) in [6, 6.07) is 14.6. The van der Waals surface area contributed by atoms with Gasteiger partial charge >= 0.3 is 6.18 Å². The predicted molar refractivity (Wildman–Crippen MR) is 101 cm³/mol. The van der Waals surface area contributed by atoms with Crippen molar-refractivity contribution >= 4 is 11.0 Å². The largest absolute Gasteiger partial charge is 0.433 e. The van der Waals surface area contributed by atoms with E-state index in [0.717, 1.165) is 11.6 Å². The molecule has 0 spiro atoms. The lowest BCUT2D eigenvalue weighted by molar-refractivity contribution is -0.141. The molecule has 0 radical (unpaired) electrons. The summed E-state index contributed by atoms with van der Waals surface area (Å²) < 4.78 is 39.8. The second kappa shape index (κ2) is 6.60. The molecule has 0 saturated carbocycles. The van der Waals surface area contributed by atoms with Gasteiger partial charge in [-0.3, -0.25) is 4.79 Å². The normalized spacial score (nSPS) is 11.7. The highest BCUT2D eigenvalue weighted by Gasteiger charge is 2.33. The molecule has 4 nitrogen and oxygen atoms in total. The van der Waals surface area contributed by atoms with E-state index in [9.17, 15) is 18.0 Å². The molecule has 140 valence electrons. The fraction of sp³-hybridized carbons (Fsp3) is 0.0952. The first kappa shape index (κ1) is 17.9. The average molecular weight is 381 g/mol. The molecule has 4 aromatic rings. The first-order valence-corrected chi connectivity index (χ1v) is 8.47. The molecule has 0 saturated heterocycles. The van der Waals surface area contributed by atoms with Crippen LogP contribution < -0.4 is 5.43 Å². The summed E-state index contributed by atoms with van der Waals surface area (Å²) in [6.07, 6.45) is -3.08. The number of alkyl halides is 3. The number of fused-ring (bicyclic) bond motifs is 1. The van der Waals surface area contributed by atoms with Crippen LogP contribution >= 0.6 is 0 Å². The zero-order valence-corrected chi connectivity index (χ0v) is 14.7. The zero-order chi connectivity index (χ0) is 19.9. The van der Waals surface area contributed by atoms with E-state index in [0.29, 0.717) is 27.9 Å². The Kier molecular flexibility index (Phi) is 4.22. The summed E-state index contributed by atoms with van der Waals surface area (Å²) in [6.45, 7) is 1.50. The van der Waals surface area contributed by atoms with Crippen molar-refractivity contribution < 1.29 is 13.2 Å². The van der Waals surface area contributed by atoms with E-state index in [1.165, 1.54) is 19.2 Å². The number of aryl methyl sites for hydroxylation is 1. The summed E-state index contributed by atoms with van der Waals surface area (Å²) in [5, 5.41) is 0.306. The van der Waals surface area contributed by atoms with E-state index in [1.807, 2.05) is 30.3 Å². The molecule has 0 fully saturated rings. The van der Waals surface area contributed by atoms with Gasteiger partial charge in [-0.25, -0.2) is 9.97 Å². The lowest BCUT2D eigenvalue weighted by atomic mass is 9.97. The summed E-state index contributed by atoms with van der Waals surface area (Å²) in [4.78, 5) is 23.3. The smallest absolute Gasteiger partial charge is 0.346 e. The molecule has 0 aliphatic carbocycles. The van der Waals surface area contributed by atoms with Crippen LogP contribution in [0.5, 0.6) is 0 Å². The Morgan fingerprint density at radius 1 is 0.929 bits per heavy atom. The van der Waals surface area contributed by atoms with Gasteiger partial charge in [-0.2, -0.15) is 13.2 Å². The molecule has 28 heavy (non-hydrogen) atoms. The van der Waals surface area contributed by atoms with E-state index in [1.54, 1.807) is 12.1 Å². The van der Waals surface area contributed by atoms with Crippen LogP contribution in [0.1, 0.15) is 11.4 Å². The van der Waals surface area contributed by atoms with Gasteiger partial charge < -0.3 is 4.98 Å². The monoisotopic (exact) mass is 381 g/mol. The number of halogens is 3. The first-order valence-electron chi connectivity index (χ1n) is 8.47. The molecule has 0 bridgehead atoms. The van der Waals surface area contributed by atoms with Crippen LogP contribution in [0.15, 0.2) is 65.6 Å². The minimum Gasteiger partial charge on any atom is -0.346 e. The van der Waals surface area contributed by atoms with Gasteiger partial charge in [0.1, 0.15) is 11.3 Å². The molecule has 0 aliphatic rings. The number of aromatic nitrogens is 3. The average Bonchev–Trinajstić information content (AvgIpc) is 2.67. The van der Waals surface area contributed by atoms with Gasteiger partial charge in [0.15, 0.2) is 5.43 Å². The molecule has 0 amide bonds. The number of benzene rings is 1.